The number of nitrogens with one attached hydrogen (secondary N) is 1. The molecule has 0 spiro atoms. The number of rotatable bonds is 3. The van der Waals surface area contributed by atoms with Crippen molar-refractivity contribution in [3.63, 3.8) is 0 Å². The minimum atomic E-state index is -0.260. The molecule has 90 valence electrons. The number of pyridine rings is 1. The molecule has 2 heterocycles. The van der Waals surface area contributed by atoms with Crippen molar-refractivity contribution in [2.45, 2.75) is 13.3 Å². The topological polar surface area (TPSA) is 62.3 Å². The molecule has 1 fully saturated rings. The molecule has 2 rings (SSSR count). The molecule has 2 amide bonds. The summed E-state index contributed by atoms with van der Waals surface area (Å²) in [7, 11) is 0. The largest absolute Gasteiger partial charge is 0.342 e. The Labute approximate surface area is 99.8 Å². The number of carbonyl (C=O) groups excluding carboxylic acids is 2. The zero-order chi connectivity index (χ0) is 12.3. The van der Waals surface area contributed by atoms with E-state index >= 15 is 0 Å². The fourth-order valence-corrected chi connectivity index (χ4v) is 1.92. The third-order valence-electron chi connectivity index (χ3n) is 2.88. The minimum Gasteiger partial charge on any atom is -0.342 e. The Hall–Kier alpha value is -1.91. The van der Waals surface area contributed by atoms with E-state index in [0.717, 1.165) is 0 Å². The summed E-state index contributed by atoms with van der Waals surface area (Å²) in [6.45, 7) is 3.08. The molecule has 1 saturated heterocycles. The Morgan fingerprint density at radius 1 is 1.59 bits per heavy atom. The Balaban J connectivity index is 1.96. The van der Waals surface area contributed by atoms with E-state index in [1.807, 2.05) is 6.92 Å². The maximum absolute atomic E-state index is 11.9. The third-order valence-corrected chi connectivity index (χ3v) is 2.88. The Bertz CT molecular complexity index is 419. The van der Waals surface area contributed by atoms with Gasteiger partial charge < -0.3 is 10.2 Å². The average Bonchev–Trinajstić information content (AvgIpc) is 2.72. The standard InChI is InChI=1S/C12H15N3O2/c1-2-15-8-9(7-11(15)16)12(17)14-10-5-3-4-6-13-10/h3-6,9H,2,7-8H2,1H3,(H,13,14,17)/t9-/m1/s1. The summed E-state index contributed by atoms with van der Waals surface area (Å²) in [5.74, 6) is 0.186. The summed E-state index contributed by atoms with van der Waals surface area (Å²) in [5.41, 5.74) is 0. The van der Waals surface area contributed by atoms with Crippen LogP contribution in [0.1, 0.15) is 13.3 Å². The van der Waals surface area contributed by atoms with Gasteiger partial charge in [-0.15, -0.1) is 0 Å². The molecule has 1 aliphatic rings. The van der Waals surface area contributed by atoms with Crippen molar-refractivity contribution in [2.75, 3.05) is 18.4 Å². The lowest BCUT2D eigenvalue weighted by molar-refractivity contribution is -0.128. The SMILES string of the molecule is CCN1C[C@H](C(=O)Nc2ccccn2)CC1=O. The zero-order valence-corrected chi connectivity index (χ0v) is 9.72. The molecule has 0 aliphatic carbocycles. The van der Waals surface area contributed by atoms with Gasteiger partial charge in [0, 0.05) is 25.7 Å². The Kier molecular flexibility index (Phi) is 3.37. The van der Waals surface area contributed by atoms with Crippen LogP contribution in [0.25, 0.3) is 0 Å². The van der Waals surface area contributed by atoms with Gasteiger partial charge in [-0.3, -0.25) is 9.59 Å². The second-order valence-electron chi connectivity index (χ2n) is 4.04. The van der Waals surface area contributed by atoms with Crippen molar-refractivity contribution in [1.82, 2.24) is 9.88 Å². The first-order valence-corrected chi connectivity index (χ1v) is 5.70. The monoisotopic (exact) mass is 233 g/mol. The van der Waals surface area contributed by atoms with E-state index in [-0.39, 0.29) is 17.7 Å². The summed E-state index contributed by atoms with van der Waals surface area (Å²) in [5, 5.41) is 2.72. The zero-order valence-electron chi connectivity index (χ0n) is 9.72. The average molecular weight is 233 g/mol. The number of aromatic nitrogens is 1. The lowest BCUT2D eigenvalue weighted by atomic mass is 10.1. The second kappa shape index (κ2) is 4.95. The van der Waals surface area contributed by atoms with Gasteiger partial charge in [0.1, 0.15) is 5.82 Å². The molecule has 5 nitrogen and oxygen atoms in total. The van der Waals surface area contributed by atoms with E-state index in [0.29, 0.717) is 25.3 Å². The maximum Gasteiger partial charge on any atom is 0.230 e. The summed E-state index contributed by atoms with van der Waals surface area (Å²) in [4.78, 5) is 29.1. The molecule has 1 aliphatic heterocycles. The number of anilines is 1. The van der Waals surface area contributed by atoms with E-state index in [9.17, 15) is 9.59 Å². The number of hydrogen-bond acceptors (Lipinski definition) is 3. The van der Waals surface area contributed by atoms with E-state index in [2.05, 4.69) is 10.3 Å². The molecule has 0 radical (unpaired) electrons. The summed E-state index contributed by atoms with van der Waals surface area (Å²) in [6, 6.07) is 5.32. The number of carbonyl (C=O) groups is 2. The lowest BCUT2D eigenvalue weighted by Gasteiger charge is -2.13. The van der Waals surface area contributed by atoms with Crippen LogP contribution >= 0.6 is 0 Å². The molecular formula is C12H15N3O2. The highest BCUT2D eigenvalue weighted by Gasteiger charge is 2.33. The molecule has 1 aromatic rings. The van der Waals surface area contributed by atoms with Crippen LogP contribution in [0.2, 0.25) is 0 Å². The lowest BCUT2D eigenvalue weighted by Crippen LogP contribution is -2.28. The van der Waals surface area contributed by atoms with Crippen LogP contribution in [-0.2, 0) is 9.59 Å². The number of hydrogen-bond donors (Lipinski definition) is 1. The normalized spacial score (nSPS) is 19.5. The minimum absolute atomic E-state index is 0.0497. The number of nitrogens with zero attached hydrogens (tertiary/aromatic N) is 2. The van der Waals surface area contributed by atoms with Gasteiger partial charge in [-0.1, -0.05) is 6.07 Å². The summed E-state index contributed by atoms with van der Waals surface area (Å²) >= 11 is 0. The highest BCUT2D eigenvalue weighted by molar-refractivity contribution is 5.96. The highest BCUT2D eigenvalue weighted by Crippen LogP contribution is 2.18. The molecule has 0 saturated carbocycles. The van der Waals surface area contributed by atoms with Crippen LogP contribution in [0.4, 0.5) is 5.82 Å². The summed E-state index contributed by atoms with van der Waals surface area (Å²) < 4.78 is 0. The molecule has 1 aromatic heterocycles. The van der Waals surface area contributed by atoms with Crippen molar-refractivity contribution < 1.29 is 9.59 Å². The van der Waals surface area contributed by atoms with Crippen molar-refractivity contribution in [3.8, 4) is 0 Å². The maximum atomic E-state index is 11.9. The van der Waals surface area contributed by atoms with Crippen molar-refractivity contribution >= 4 is 17.6 Å². The van der Waals surface area contributed by atoms with Gasteiger partial charge >= 0.3 is 0 Å². The van der Waals surface area contributed by atoms with Gasteiger partial charge in [-0.2, -0.15) is 0 Å². The van der Waals surface area contributed by atoms with E-state index < -0.39 is 0 Å². The first-order valence-electron chi connectivity index (χ1n) is 5.70. The van der Waals surface area contributed by atoms with E-state index in [4.69, 9.17) is 0 Å². The van der Waals surface area contributed by atoms with Crippen LogP contribution in [0, 0.1) is 5.92 Å². The van der Waals surface area contributed by atoms with Gasteiger partial charge in [-0.05, 0) is 19.1 Å². The van der Waals surface area contributed by atoms with Gasteiger partial charge in [0.15, 0.2) is 0 Å². The molecule has 17 heavy (non-hydrogen) atoms. The molecule has 0 unspecified atom stereocenters. The fraction of sp³-hybridized carbons (Fsp3) is 0.417. The van der Waals surface area contributed by atoms with Crippen molar-refractivity contribution in [3.05, 3.63) is 24.4 Å². The van der Waals surface area contributed by atoms with E-state index in [1.54, 1.807) is 29.3 Å². The first-order chi connectivity index (χ1) is 8.20. The van der Waals surface area contributed by atoms with Crippen LogP contribution < -0.4 is 5.32 Å². The van der Waals surface area contributed by atoms with Crippen LogP contribution in [0.3, 0.4) is 0 Å². The highest BCUT2D eigenvalue weighted by atomic mass is 16.2. The fourth-order valence-electron chi connectivity index (χ4n) is 1.92. The molecular weight excluding hydrogens is 218 g/mol. The molecule has 5 heteroatoms. The molecule has 0 aromatic carbocycles. The number of amides is 2. The third kappa shape index (κ3) is 2.61. The predicted molar refractivity (Wildman–Crippen MR) is 63.2 cm³/mol. The van der Waals surface area contributed by atoms with Crippen LogP contribution in [-0.4, -0.2) is 34.8 Å². The Morgan fingerprint density at radius 3 is 3.00 bits per heavy atom. The smallest absolute Gasteiger partial charge is 0.230 e. The quantitative estimate of drug-likeness (QED) is 0.843. The van der Waals surface area contributed by atoms with Gasteiger partial charge in [0.25, 0.3) is 0 Å². The van der Waals surface area contributed by atoms with Crippen molar-refractivity contribution in [2.24, 2.45) is 5.92 Å². The molecule has 1 N–H and O–H groups in total. The van der Waals surface area contributed by atoms with Gasteiger partial charge in [-0.25, -0.2) is 4.98 Å². The van der Waals surface area contributed by atoms with Crippen LogP contribution in [0.5, 0.6) is 0 Å². The number of likely N-dealkylation sites (tertiary alicyclic amines) is 1. The summed E-state index contributed by atoms with van der Waals surface area (Å²) in [6.07, 6.45) is 1.92. The van der Waals surface area contributed by atoms with Crippen LogP contribution in [0.15, 0.2) is 24.4 Å². The molecule has 0 bridgehead atoms. The van der Waals surface area contributed by atoms with Crippen molar-refractivity contribution in [1.29, 1.82) is 0 Å². The second-order valence-corrected chi connectivity index (χ2v) is 4.04. The van der Waals surface area contributed by atoms with E-state index in [1.165, 1.54) is 0 Å². The Morgan fingerprint density at radius 2 is 2.41 bits per heavy atom. The van der Waals surface area contributed by atoms with Gasteiger partial charge in [0.2, 0.25) is 11.8 Å². The molecule has 1 atom stereocenters. The first kappa shape index (κ1) is 11.6. The predicted octanol–water partition coefficient (Wildman–Crippen LogP) is 0.889. The van der Waals surface area contributed by atoms with Gasteiger partial charge in [0.05, 0.1) is 5.92 Å².